The van der Waals surface area contributed by atoms with Gasteiger partial charge in [0.05, 0.1) is 27.9 Å². The molecule has 4 aromatic heterocycles. The van der Waals surface area contributed by atoms with Gasteiger partial charge in [-0.3, -0.25) is 0 Å². The minimum Gasteiger partial charge on any atom is -0.326 e. The second kappa shape index (κ2) is 6.03. The Bertz CT molecular complexity index is 1320. The molecule has 0 saturated carbocycles. The first-order valence-electron chi connectivity index (χ1n) is 8.21. The lowest BCUT2D eigenvalue weighted by molar-refractivity contribution is -0.141. The molecular formula is C17H14F3N5O2S. The van der Waals surface area contributed by atoms with E-state index in [-0.39, 0.29) is 27.6 Å². The molecule has 7 nitrogen and oxygen atoms in total. The highest BCUT2D eigenvalue weighted by molar-refractivity contribution is 7.91. The highest BCUT2D eigenvalue weighted by atomic mass is 32.2. The van der Waals surface area contributed by atoms with Gasteiger partial charge in [-0.15, -0.1) is 0 Å². The Kier molecular flexibility index (Phi) is 3.96. The highest BCUT2D eigenvalue weighted by Gasteiger charge is 2.33. The third-order valence-corrected chi connectivity index (χ3v) is 6.26. The maximum atomic E-state index is 13.0. The lowest BCUT2D eigenvalue weighted by atomic mass is 10.2. The normalized spacial score (nSPS) is 12.9. The van der Waals surface area contributed by atoms with E-state index in [0.717, 1.165) is 12.3 Å². The van der Waals surface area contributed by atoms with Crippen LogP contribution in [0.4, 0.5) is 13.2 Å². The Morgan fingerprint density at radius 2 is 1.93 bits per heavy atom. The molecule has 0 aromatic carbocycles. The van der Waals surface area contributed by atoms with E-state index in [9.17, 15) is 21.6 Å². The number of halogens is 3. The predicted molar refractivity (Wildman–Crippen MR) is 95.4 cm³/mol. The largest absolute Gasteiger partial charge is 0.433 e. The Balaban J connectivity index is 2.03. The van der Waals surface area contributed by atoms with Gasteiger partial charge in [-0.1, -0.05) is 6.92 Å². The number of hydrogen-bond acceptors (Lipinski definition) is 5. The van der Waals surface area contributed by atoms with E-state index in [4.69, 9.17) is 0 Å². The minimum atomic E-state index is -4.60. The van der Waals surface area contributed by atoms with Crippen molar-refractivity contribution in [1.29, 1.82) is 0 Å². The van der Waals surface area contributed by atoms with Crippen LogP contribution in [-0.4, -0.2) is 38.1 Å². The monoisotopic (exact) mass is 409 g/mol. The number of sulfone groups is 1. The van der Waals surface area contributed by atoms with Crippen LogP contribution >= 0.6 is 0 Å². The van der Waals surface area contributed by atoms with E-state index < -0.39 is 21.7 Å². The lowest BCUT2D eigenvalue weighted by Gasteiger charge is -2.10. The summed E-state index contributed by atoms with van der Waals surface area (Å²) in [5.41, 5.74) is 0.128. The van der Waals surface area contributed by atoms with Gasteiger partial charge in [-0.05, 0) is 12.1 Å². The van der Waals surface area contributed by atoms with Gasteiger partial charge in [0.25, 0.3) is 0 Å². The van der Waals surface area contributed by atoms with Gasteiger partial charge in [0, 0.05) is 31.2 Å². The Morgan fingerprint density at radius 1 is 1.18 bits per heavy atom. The quantitative estimate of drug-likeness (QED) is 0.519. The standard InChI is InChI=1S/C17H14F3N5O2S/c1-3-28(26,27)13-9-25-5-4-21-15(25)6-10(13)16-23-11-7-14(17(18,19)20)22-8-12(11)24(16)2/h4-9H,3H2,1-2H3. The smallest absolute Gasteiger partial charge is 0.326 e. The maximum Gasteiger partial charge on any atom is 0.433 e. The molecule has 0 aliphatic rings. The van der Waals surface area contributed by atoms with Crippen LogP contribution in [0.1, 0.15) is 12.6 Å². The van der Waals surface area contributed by atoms with E-state index in [1.807, 2.05) is 0 Å². The summed E-state index contributed by atoms with van der Waals surface area (Å²) in [5, 5.41) is 0. The molecule has 146 valence electrons. The van der Waals surface area contributed by atoms with Gasteiger partial charge >= 0.3 is 6.18 Å². The Hall–Kier alpha value is -2.95. The van der Waals surface area contributed by atoms with Gasteiger partial charge in [0.2, 0.25) is 0 Å². The van der Waals surface area contributed by atoms with Gasteiger partial charge in [-0.2, -0.15) is 13.2 Å². The number of aromatic nitrogens is 5. The van der Waals surface area contributed by atoms with Crippen LogP contribution in [0.2, 0.25) is 0 Å². The maximum absolute atomic E-state index is 13.0. The van der Waals surface area contributed by atoms with Crippen molar-refractivity contribution in [3.8, 4) is 11.4 Å². The molecule has 4 aromatic rings. The second-order valence-corrected chi connectivity index (χ2v) is 8.44. The van der Waals surface area contributed by atoms with Crippen LogP contribution in [0.5, 0.6) is 0 Å². The topological polar surface area (TPSA) is 82.2 Å². The zero-order chi connectivity index (χ0) is 20.3. The minimum absolute atomic E-state index is 0.0305. The number of aryl methyl sites for hydroxylation is 1. The first-order chi connectivity index (χ1) is 13.1. The zero-order valence-electron chi connectivity index (χ0n) is 14.8. The summed E-state index contributed by atoms with van der Waals surface area (Å²) in [6.45, 7) is 1.52. The number of nitrogens with zero attached hydrogens (tertiary/aromatic N) is 5. The second-order valence-electron chi connectivity index (χ2n) is 6.20. The molecule has 4 rings (SSSR count). The molecule has 0 fully saturated rings. The molecule has 0 aliphatic carbocycles. The fraction of sp³-hybridized carbons (Fsp3) is 0.235. The molecule has 0 radical (unpaired) electrons. The lowest BCUT2D eigenvalue weighted by Crippen LogP contribution is -2.09. The summed E-state index contributed by atoms with van der Waals surface area (Å²) < 4.78 is 67.3. The summed E-state index contributed by atoms with van der Waals surface area (Å²) >= 11 is 0. The highest BCUT2D eigenvalue weighted by Crippen LogP contribution is 2.33. The van der Waals surface area contributed by atoms with Crippen molar-refractivity contribution >= 4 is 26.5 Å². The first kappa shape index (κ1) is 18.4. The zero-order valence-corrected chi connectivity index (χ0v) is 15.6. The van der Waals surface area contributed by atoms with E-state index in [2.05, 4.69) is 15.0 Å². The number of fused-ring (bicyclic) bond motifs is 2. The number of hydrogen-bond donors (Lipinski definition) is 0. The number of imidazole rings is 2. The number of rotatable bonds is 3. The molecule has 28 heavy (non-hydrogen) atoms. The van der Waals surface area contributed by atoms with Crippen molar-refractivity contribution < 1.29 is 21.6 Å². The molecule has 11 heteroatoms. The van der Waals surface area contributed by atoms with Crippen LogP contribution in [-0.2, 0) is 23.1 Å². The van der Waals surface area contributed by atoms with Crippen molar-refractivity contribution in [2.75, 3.05) is 5.75 Å². The van der Waals surface area contributed by atoms with E-state index in [1.54, 1.807) is 23.7 Å². The van der Waals surface area contributed by atoms with Crippen LogP contribution in [0.25, 0.3) is 28.1 Å². The summed E-state index contributed by atoms with van der Waals surface area (Å²) in [6, 6.07) is 2.41. The van der Waals surface area contributed by atoms with Crippen molar-refractivity contribution in [1.82, 2.24) is 23.9 Å². The van der Waals surface area contributed by atoms with Crippen LogP contribution < -0.4 is 0 Å². The van der Waals surface area contributed by atoms with Gasteiger partial charge < -0.3 is 8.97 Å². The average molecular weight is 409 g/mol. The fourth-order valence-corrected chi connectivity index (χ4v) is 4.07. The van der Waals surface area contributed by atoms with Crippen molar-refractivity contribution in [3.05, 3.63) is 42.6 Å². The van der Waals surface area contributed by atoms with Crippen molar-refractivity contribution in [2.24, 2.45) is 7.05 Å². The number of alkyl halides is 3. The molecule has 0 unspecified atom stereocenters. The molecular weight excluding hydrogens is 395 g/mol. The van der Waals surface area contributed by atoms with Gasteiger partial charge in [0.1, 0.15) is 17.2 Å². The molecule has 0 atom stereocenters. The van der Waals surface area contributed by atoms with Gasteiger partial charge in [0.15, 0.2) is 9.84 Å². The molecule has 0 N–H and O–H groups in total. The van der Waals surface area contributed by atoms with E-state index >= 15 is 0 Å². The molecule has 0 spiro atoms. The first-order valence-corrected chi connectivity index (χ1v) is 9.86. The summed E-state index contributed by atoms with van der Waals surface area (Å²) in [6.07, 6.45) is 1.06. The van der Waals surface area contributed by atoms with Crippen molar-refractivity contribution in [3.63, 3.8) is 0 Å². The molecule has 0 aliphatic heterocycles. The molecule has 4 heterocycles. The predicted octanol–water partition coefficient (Wildman–Crippen LogP) is 3.10. The molecule has 0 bridgehead atoms. The summed E-state index contributed by atoms with van der Waals surface area (Å²) in [4.78, 5) is 11.9. The Labute approximate surface area is 157 Å². The van der Waals surface area contributed by atoms with Gasteiger partial charge in [-0.25, -0.2) is 23.4 Å². The number of pyridine rings is 2. The van der Waals surface area contributed by atoms with Crippen LogP contribution in [0.3, 0.4) is 0 Å². The fourth-order valence-electron chi connectivity index (χ4n) is 3.00. The van der Waals surface area contributed by atoms with E-state index in [0.29, 0.717) is 11.2 Å². The third kappa shape index (κ3) is 2.82. The average Bonchev–Trinajstić information content (AvgIpc) is 3.23. The molecule has 0 amide bonds. The third-order valence-electron chi connectivity index (χ3n) is 4.51. The Morgan fingerprint density at radius 3 is 2.61 bits per heavy atom. The molecule has 0 saturated heterocycles. The summed E-state index contributed by atoms with van der Waals surface area (Å²) in [7, 11) is -2.03. The summed E-state index contributed by atoms with van der Waals surface area (Å²) in [5.74, 6) is 0.0813. The van der Waals surface area contributed by atoms with Crippen LogP contribution in [0, 0.1) is 0 Å². The SMILES string of the molecule is CCS(=O)(=O)c1cn2ccnc2cc1-c1nc2cc(C(F)(F)F)ncc2n1C. The van der Waals surface area contributed by atoms with Crippen LogP contribution in [0.15, 0.2) is 41.8 Å². The van der Waals surface area contributed by atoms with Crippen molar-refractivity contribution in [2.45, 2.75) is 18.0 Å². The van der Waals surface area contributed by atoms with E-state index in [1.165, 1.54) is 23.9 Å².